The number of hydrogen-bond acceptors (Lipinski definition) is 1. The maximum Gasteiger partial charge on any atom is 0.573 e. The molecule has 0 bridgehead atoms. The number of hydrogen-bond donors (Lipinski definition) is 0. The van der Waals surface area contributed by atoms with Gasteiger partial charge in [0.05, 0.1) is 0 Å². The molecule has 26 heavy (non-hydrogen) atoms. The molecule has 0 spiro atoms. The number of ether oxygens (including phenoxy) is 1. The van der Waals surface area contributed by atoms with Crippen LogP contribution in [0.4, 0.5) is 17.6 Å². The van der Waals surface area contributed by atoms with Crippen LogP contribution in [0.2, 0.25) is 0 Å². The minimum absolute atomic E-state index is 0.0459. The third-order valence-electron chi connectivity index (χ3n) is 3.86. The van der Waals surface area contributed by atoms with Gasteiger partial charge < -0.3 is 4.74 Å². The zero-order chi connectivity index (χ0) is 18.7. The molecule has 0 aromatic heterocycles. The van der Waals surface area contributed by atoms with Crippen LogP contribution in [0.5, 0.6) is 5.75 Å². The Kier molecular flexibility index (Phi) is 4.85. The first-order chi connectivity index (χ1) is 12.4. The molecule has 1 nitrogen and oxygen atoms in total. The van der Waals surface area contributed by atoms with Crippen LogP contribution in [0.1, 0.15) is 23.6 Å². The van der Waals surface area contributed by atoms with E-state index in [9.17, 15) is 17.6 Å². The fourth-order valence-corrected chi connectivity index (χ4v) is 2.52. The molecular formula is C21H14F4O. The van der Waals surface area contributed by atoms with Crippen LogP contribution in [0.3, 0.4) is 0 Å². The minimum atomic E-state index is -4.94. The van der Waals surface area contributed by atoms with Gasteiger partial charge in [0.15, 0.2) is 11.6 Å². The summed E-state index contributed by atoms with van der Waals surface area (Å²) in [7, 11) is 0. The van der Waals surface area contributed by atoms with Crippen LogP contribution in [-0.2, 0) is 6.42 Å². The summed E-state index contributed by atoms with van der Waals surface area (Å²) in [5.41, 5.74) is 2.71. The molecule has 0 unspecified atom stereocenters. The van der Waals surface area contributed by atoms with Crippen molar-refractivity contribution in [2.45, 2.75) is 19.7 Å². The number of fused-ring (bicyclic) bond motifs is 1. The van der Waals surface area contributed by atoms with E-state index in [1.165, 1.54) is 17.7 Å². The minimum Gasteiger partial charge on any atom is -0.403 e. The number of alkyl halides is 3. The van der Waals surface area contributed by atoms with Crippen LogP contribution in [-0.4, -0.2) is 6.36 Å². The summed E-state index contributed by atoms with van der Waals surface area (Å²) < 4.78 is 54.7. The lowest BCUT2D eigenvalue weighted by Crippen LogP contribution is -2.17. The second kappa shape index (κ2) is 7.09. The smallest absolute Gasteiger partial charge is 0.403 e. The van der Waals surface area contributed by atoms with Crippen LogP contribution >= 0.6 is 0 Å². The highest BCUT2D eigenvalue weighted by molar-refractivity contribution is 5.86. The summed E-state index contributed by atoms with van der Waals surface area (Å²) in [6.45, 7) is 2.07. The molecule has 0 aliphatic heterocycles. The standard InChI is InChI=1S/C21H14F4O/c1-2-14-3-5-15(6-4-14)7-8-16-9-11-18-17(13-16)10-12-19(20(18)22)26-21(23,24)25/h3-6,9-13H,2H2,1H3. The van der Waals surface area contributed by atoms with E-state index in [1.54, 1.807) is 12.1 Å². The average molecular weight is 358 g/mol. The first kappa shape index (κ1) is 17.8. The Morgan fingerprint density at radius 2 is 1.54 bits per heavy atom. The summed E-state index contributed by atoms with van der Waals surface area (Å²) in [4.78, 5) is 0. The topological polar surface area (TPSA) is 9.23 Å². The molecule has 0 heterocycles. The molecule has 0 N–H and O–H groups in total. The van der Waals surface area contributed by atoms with E-state index in [2.05, 4.69) is 23.5 Å². The van der Waals surface area contributed by atoms with E-state index in [4.69, 9.17) is 0 Å². The quantitative estimate of drug-likeness (QED) is 0.413. The van der Waals surface area contributed by atoms with E-state index in [-0.39, 0.29) is 5.39 Å². The van der Waals surface area contributed by atoms with E-state index in [0.29, 0.717) is 10.9 Å². The van der Waals surface area contributed by atoms with Crippen LogP contribution < -0.4 is 4.74 Å². The van der Waals surface area contributed by atoms with E-state index in [1.807, 2.05) is 24.3 Å². The molecule has 0 radical (unpaired) electrons. The zero-order valence-electron chi connectivity index (χ0n) is 13.8. The molecule has 0 aliphatic rings. The molecule has 5 heteroatoms. The summed E-state index contributed by atoms with van der Waals surface area (Å²) in [5, 5.41) is 0.495. The lowest BCUT2D eigenvalue weighted by atomic mass is 10.1. The highest BCUT2D eigenvalue weighted by Gasteiger charge is 2.32. The molecule has 3 aromatic carbocycles. The Morgan fingerprint density at radius 3 is 2.19 bits per heavy atom. The third-order valence-corrected chi connectivity index (χ3v) is 3.86. The first-order valence-electron chi connectivity index (χ1n) is 7.94. The SMILES string of the molecule is CCc1ccc(C#Cc2ccc3c(F)c(OC(F)(F)F)ccc3c2)cc1. The monoisotopic (exact) mass is 358 g/mol. The van der Waals surface area contributed by atoms with Gasteiger partial charge in [-0.3, -0.25) is 0 Å². The summed E-state index contributed by atoms with van der Waals surface area (Å²) in [6, 6.07) is 14.8. The van der Waals surface area contributed by atoms with Crippen molar-refractivity contribution in [1.29, 1.82) is 0 Å². The van der Waals surface area contributed by atoms with Crippen molar-refractivity contribution < 1.29 is 22.3 Å². The van der Waals surface area contributed by atoms with E-state index in [0.717, 1.165) is 18.1 Å². The first-order valence-corrected chi connectivity index (χ1v) is 7.94. The average Bonchev–Trinajstić information content (AvgIpc) is 2.62. The highest BCUT2D eigenvalue weighted by Crippen LogP contribution is 2.31. The Balaban J connectivity index is 1.90. The van der Waals surface area contributed by atoms with Crippen LogP contribution in [0, 0.1) is 17.7 Å². The molecule has 0 aliphatic carbocycles. The van der Waals surface area contributed by atoms with Gasteiger partial charge in [-0.1, -0.05) is 43.0 Å². The third kappa shape index (κ3) is 4.15. The van der Waals surface area contributed by atoms with E-state index >= 15 is 0 Å². The van der Waals surface area contributed by atoms with Gasteiger partial charge in [0, 0.05) is 16.5 Å². The fraction of sp³-hybridized carbons (Fsp3) is 0.143. The maximum atomic E-state index is 14.2. The molecule has 3 rings (SSSR count). The second-order valence-electron chi connectivity index (χ2n) is 5.66. The normalized spacial score (nSPS) is 11.1. The fourth-order valence-electron chi connectivity index (χ4n) is 2.52. The van der Waals surface area contributed by atoms with E-state index < -0.39 is 17.9 Å². The molecule has 0 saturated heterocycles. The lowest BCUT2D eigenvalue weighted by molar-refractivity contribution is -0.275. The molecule has 132 valence electrons. The number of halogens is 4. The summed E-state index contributed by atoms with van der Waals surface area (Å²) >= 11 is 0. The van der Waals surface area contributed by atoms with Gasteiger partial charge in [0.1, 0.15) is 0 Å². The number of aryl methyl sites for hydroxylation is 1. The summed E-state index contributed by atoms with van der Waals surface area (Å²) in [5.74, 6) is 4.10. The van der Waals surface area contributed by atoms with Crippen molar-refractivity contribution in [3.8, 4) is 17.6 Å². The molecule has 0 amide bonds. The van der Waals surface area contributed by atoms with Crippen molar-refractivity contribution in [2.24, 2.45) is 0 Å². The van der Waals surface area contributed by atoms with Gasteiger partial charge in [0.25, 0.3) is 0 Å². The van der Waals surface area contributed by atoms with Gasteiger partial charge in [0.2, 0.25) is 0 Å². The lowest BCUT2D eigenvalue weighted by Gasteiger charge is -2.11. The number of benzene rings is 3. The van der Waals surface area contributed by atoms with Crippen LogP contribution in [0.15, 0.2) is 54.6 Å². The summed E-state index contributed by atoms with van der Waals surface area (Å²) in [6.07, 6.45) is -3.99. The Labute approximate surface area is 148 Å². The molecule has 0 saturated carbocycles. The van der Waals surface area contributed by atoms with Crippen molar-refractivity contribution in [3.63, 3.8) is 0 Å². The molecular weight excluding hydrogens is 344 g/mol. The number of rotatable bonds is 2. The van der Waals surface area contributed by atoms with Gasteiger partial charge in [-0.15, -0.1) is 13.2 Å². The Morgan fingerprint density at radius 1 is 0.885 bits per heavy atom. The van der Waals surface area contributed by atoms with Gasteiger partial charge in [-0.05, 0) is 47.7 Å². The predicted octanol–water partition coefficient (Wildman–Crippen LogP) is 5.84. The Bertz CT molecular complexity index is 993. The molecule has 0 fully saturated rings. The largest absolute Gasteiger partial charge is 0.573 e. The maximum absolute atomic E-state index is 14.2. The second-order valence-corrected chi connectivity index (χ2v) is 5.66. The van der Waals surface area contributed by atoms with Gasteiger partial charge in [-0.2, -0.15) is 0 Å². The van der Waals surface area contributed by atoms with Gasteiger partial charge >= 0.3 is 6.36 Å². The molecule has 0 atom stereocenters. The van der Waals surface area contributed by atoms with Gasteiger partial charge in [-0.25, -0.2) is 4.39 Å². The van der Waals surface area contributed by atoms with Crippen LogP contribution in [0.25, 0.3) is 10.8 Å². The van der Waals surface area contributed by atoms with Crippen molar-refractivity contribution in [3.05, 3.63) is 77.1 Å². The zero-order valence-corrected chi connectivity index (χ0v) is 13.8. The van der Waals surface area contributed by atoms with Crippen molar-refractivity contribution in [1.82, 2.24) is 0 Å². The highest BCUT2D eigenvalue weighted by atomic mass is 19.4. The Hall–Kier alpha value is -3.00. The van der Waals surface area contributed by atoms with Crippen molar-refractivity contribution in [2.75, 3.05) is 0 Å². The molecule has 3 aromatic rings. The van der Waals surface area contributed by atoms with Crippen molar-refractivity contribution >= 4 is 10.8 Å². The predicted molar refractivity (Wildman–Crippen MR) is 92.4 cm³/mol.